The van der Waals surface area contributed by atoms with Gasteiger partial charge in [-0.25, -0.2) is 4.79 Å². The molecule has 0 amide bonds. The van der Waals surface area contributed by atoms with Gasteiger partial charge in [-0.05, 0) is 63.7 Å². The van der Waals surface area contributed by atoms with Crippen LogP contribution < -0.4 is 5.56 Å². The number of aryl methyl sites for hydroxylation is 1. The van der Waals surface area contributed by atoms with E-state index in [0.717, 1.165) is 36.1 Å². The molecule has 1 aliphatic heterocycles. The third-order valence-electron chi connectivity index (χ3n) is 6.88. The first-order valence-corrected chi connectivity index (χ1v) is 11.4. The van der Waals surface area contributed by atoms with Crippen molar-refractivity contribution in [1.29, 1.82) is 0 Å². The summed E-state index contributed by atoms with van der Waals surface area (Å²) in [5, 5.41) is 20.8. The monoisotopic (exact) mass is 524 g/mol. The zero-order chi connectivity index (χ0) is 23.9. The van der Waals surface area contributed by atoms with Gasteiger partial charge in [0.2, 0.25) is 0 Å². The van der Waals surface area contributed by atoms with Gasteiger partial charge in [0.1, 0.15) is 5.75 Å². The molecule has 3 heterocycles. The lowest BCUT2D eigenvalue weighted by molar-refractivity contribution is 0.0691. The minimum absolute atomic E-state index is 0. The number of aromatic nitrogens is 2. The lowest BCUT2D eigenvalue weighted by Gasteiger charge is -2.36. The Kier molecular flexibility index (Phi) is 9.42. The van der Waals surface area contributed by atoms with Crippen molar-refractivity contribution in [2.24, 2.45) is 7.05 Å². The van der Waals surface area contributed by atoms with E-state index in [1.807, 2.05) is 25.1 Å². The highest BCUT2D eigenvalue weighted by molar-refractivity contribution is 5.92. The van der Waals surface area contributed by atoms with Crippen molar-refractivity contribution in [3.63, 3.8) is 0 Å². The smallest absolute Gasteiger partial charge is 0.345 e. The second-order valence-corrected chi connectivity index (χ2v) is 9.15. The van der Waals surface area contributed by atoms with E-state index >= 15 is 0 Å². The van der Waals surface area contributed by atoms with E-state index in [4.69, 9.17) is 0 Å². The van der Waals surface area contributed by atoms with Crippen LogP contribution in [0.3, 0.4) is 0 Å². The molecule has 1 atom stereocenters. The number of pyridine rings is 1. The molecule has 1 unspecified atom stereocenters. The average molecular weight is 525 g/mol. The third kappa shape index (κ3) is 5.51. The normalized spacial score (nSPS) is 16.2. The molecular weight excluding hydrogens is 491 g/mol. The predicted octanol–water partition coefficient (Wildman–Crippen LogP) is 3.87. The Balaban J connectivity index is 0.00000216. The van der Waals surface area contributed by atoms with Crippen LogP contribution in [-0.2, 0) is 20.0 Å². The van der Waals surface area contributed by atoms with Crippen LogP contribution in [0.15, 0.2) is 29.1 Å². The van der Waals surface area contributed by atoms with Crippen molar-refractivity contribution in [2.45, 2.75) is 38.8 Å². The number of hydrogen-bond donors (Lipinski definition) is 3. The lowest BCUT2D eigenvalue weighted by atomic mass is 9.99. The van der Waals surface area contributed by atoms with Crippen molar-refractivity contribution in [3.05, 3.63) is 51.4 Å². The van der Waals surface area contributed by atoms with Gasteiger partial charge in [-0.2, -0.15) is 0 Å². The molecule has 0 aliphatic carbocycles. The number of carbonyl (C=O) groups is 1. The first kappa shape index (κ1) is 28.7. The predicted molar refractivity (Wildman–Crippen MR) is 143 cm³/mol. The van der Waals surface area contributed by atoms with Crippen LogP contribution in [0.2, 0.25) is 0 Å². The fourth-order valence-electron chi connectivity index (χ4n) is 4.96. The van der Waals surface area contributed by atoms with E-state index in [-0.39, 0.29) is 24.8 Å². The summed E-state index contributed by atoms with van der Waals surface area (Å²) in [4.78, 5) is 31.2. The van der Waals surface area contributed by atoms with E-state index < -0.39 is 22.8 Å². The molecule has 1 aliphatic rings. The highest BCUT2D eigenvalue weighted by Crippen LogP contribution is 2.32. The number of carboxylic acid groups (broad SMARTS) is 1. The molecule has 0 spiro atoms. The highest BCUT2D eigenvalue weighted by Gasteiger charge is 2.24. The molecule has 8 nitrogen and oxygen atoms in total. The number of aromatic hydroxyl groups is 1. The number of H-pyrrole nitrogens is 1. The number of nitrogens with zero attached hydrogens (tertiary/aromatic N) is 3. The second kappa shape index (κ2) is 11.5. The minimum atomic E-state index is -1.44. The number of fused-ring (bicyclic) bond motifs is 1. The van der Waals surface area contributed by atoms with Gasteiger partial charge in [-0.3, -0.25) is 9.69 Å². The van der Waals surface area contributed by atoms with Crippen LogP contribution in [0.25, 0.3) is 22.2 Å². The van der Waals surface area contributed by atoms with Gasteiger partial charge >= 0.3 is 5.97 Å². The summed E-state index contributed by atoms with van der Waals surface area (Å²) in [5.74, 6) is -1.90. The van der Waals surface area contributed by atoms with Crippen LogP contribution in [0.4, 0.5) is 0 Å². The van der Waals surface area contributed by atoms with Gasteiger partial charge < -0.3 is 24.7 Å². The maximum atomic E-state index is 12.4. The van der Waals surface area contributed by atoms with Gasteiger partial charge in [-0.1, -0.05) is 13.0 Å². The number of aromatic carboxylic acids is 1. The summed E-state index contributed by atoms with van der Waals surface area (Å²) >= 11 is 0. The van der Waals surface area contributed by atoms with Crippen LogP contribution >= 0.6 is 24.8 Å². The van der Waals surface area contributed by atoms with Crippen LogP contribution in [0.1, 0.15) is 41.4 Å². The molecule has 1 fully saturated rings. The fourth-order valence-corrected chi connectivity index (χ4v) is 4.96. The summed E-state index contributed by atoms with van der Waals surface area (Å²) < 4.78 is 2.20. The van der Waals surface area contributed by atoms with Crippen LogP contribution in [0, 0.1) is 0 Å². The molecule has 0 radical (unpaired) electrons. The first-order chi connectivity index (χ1) is 15.7. The number of halogens is 2. The summed E-state index contributed by atoms with van der Waals surface area (Å²) in [7, 11) is 6.35. The molecule has 1 saturated heterocycles. The summed E-state index contributed by atoms with van der Waals surface area (Å²) in [5.41, 5.74) is 2.51. The van der Waals surface area contributed by atoms with Gasteiger partial charge in [0.25, 0.3) is 5.56 Å². The number of carboxylic acids is 1. The maximum absolute atomic E-state index is 12.4. The SMILES string of the molecule is CCc1c(-c2ccc3c(c2)cc(CN2CCCC(N(C)C)C2)n3C)[nH]c(=O)c(C(=O)O)c1O.Cl.Cl. The second-order valence-electron chi connectivity index (χ2n) is 9.15. The molecule has 0 saturated carbocycles. The third-order valence-corrected chi connectivity index (χ3v) is 6.88. The first-order valence-electron chi connectivity index (χ1n) is 11.4. The van der Waals surface area contributed by atoms with Gasteiger partial charge in [0.15, 0.2) is 5.56 Å². The van der Waals surface area contributed by atoms with E-state index in [0.29, 0.717) is 23.7 Å². The Hall–Kier alpha value is -2.52. The van der Waals surface area contributed by atoms with Crippen molar-refractivity contribution < 1.29 is 15.0 Å². The zero-order valence-electron chi connectivity index (χ0n) is 20.5. The number of hydrogen-bond acceptors (Lipinski definition) is 5. The van der Waals surface area contributed by atoms with Crippen LogP contribution in [0.5, 0.6) is 5.75 Å². The largest absolute Gasteiger partial charge is 0.506 e. The van der Waals surface area contributed by atoms with E-state index in [9.17, 15) is 19.8 Å². The molecule has 35 heavy (non-hydrogen) atoms. The molecule has 3 aromatic rings. The summed E-state index contributed by atoms with van der Waals surface area (Å²) in [6.45, 7) is 4.83. The molecule has 3 N–H and O–H groups in total. The van der Waals surface area contributed by atoms with E-state index in [1.165, 1.54) is 18.5 Å². The standard InChI is InChI=1S/C25H32N4O4.2ClH/c1-5-19-22(26-24(31)21(23(19)30)25(32)33)15-8-9-20-16(11-15)12-18(28(20)4)14-29-10-6-7-17(13-29)27(2)3;;/h8-9,11-12,17H,5-7,10,13-14H2,1-4H3,(H,32,33)(H2,26,30,31);2*1H. The van der Waals surface area contributed by atoms with E-state index in [2.05, 4.69) is 46.6 Å². The van der Waals surface area contributed by atoms with Gasteiger partial charge in [0, 0.05) is 48.3 Å². The summed E-state index contributed by atoms with van der Waals surface area (Å²) in [6, 6.07) is 8.65. The number of likely N-dealkylation sites (tertiary alicyclic amines) is 1. The Labute approximate surface area is 217 Å². The molecule has 192 valence electrons. The lowest BCUT2D eigenvalue weighted by Crippen LogP contribution is -2.44. The maximum Gasteiger partial charge on any atom is 0.345 e. The van der Waals surface area contributed by atoms with E-state index in [1.54, 1.807) is 0 Å². The quantitative estimate of drug-likeness (QED) is 0.452. The Morgan fingerprint density at radius 2 is 1.94 bits per heavy atom. The minimum Gasteiger partial charge on any atom is -0.506 e. The fraction of sp³-hybridized carbons (Fsp3) is 0.440. The van der Waals surface area contributed by atoms with Gasteiger partial charge in [-0.15, -0.1) is 24.8 Å². The van der Waals surface area contributed by atoms with Gasteiger partial charge in [0.05, 0.1) is 5.69 Å². The number of likely N-dealkylation sites (N-methyl/N-ethyl adjacent to an activating group) is 1. The summed E-state index contributed by atoms with van der Waals surface area (Å²) in [6.07, 6.45) is 2.81. The van der Waals surface area contributed by atoms with Crippen molar-refractivity contribution >= 4 is 41.7 Å². The molecule has 2 aromatic heterocycles. The van der Waals surface area contributed by atoms with Crippen molar-refractivity contribution in [1.82, 2.24) is 19.4 Å². The number of nitrogens with one attached hydrogen (secondary N) is 1. The molecule has 4 rings (SSSR count). The highest BCUT2D eigenvalue weighted by atomic mass is 35.5. The van der Waals surface area contributed by atoms with Crippen molar-refractivity contribution in [2.75, 3.05) is 27.2 Å². The van der Waals surface area contributed by atoms with Crippen LogP contribution in [-0.4, -0.2) is 68.8 Å². The average Bonchev–Trinajstić information content (AvgIpc) is 3.07. The molecule has 10 heteroatoms. The number of piperidine rings is 1. The number of aromatic amines is 1. The Morgan fingerprint density at radius 1 is 1.23 bits per heavy atom. The molecule has 0 bridgehead atoms. The number of benzene rings is 1. The Morgan fingerprint density at radius 3 is 2.57 bits per heavy atom. The topological polar surface area (TPSA) is 102 Å². The van der Waals surface area contributed by atoms with Crippen molar-refractivity contribution in [3.8, 4) is 17.0 Å². The number of rotatable bonds is 6. The molecular formula is C25H34Cl2N4O4. The Bertz CT molecular complexity index is 1270. The zero-order valence-corrected chi connectivity index (χ0v) is 22.1. The molecule has 1 aromatic carbocycles.